The average molecular weight is 460 g/mol. The molecule has 1 unspecified atom stereocenters. The van der Waals surface area contributed by atoms with Crippen molar-refractivity contribution in [2.45, 2.75) is 26.3 Å². The van der Waals surface area contributed by atoms with E-state index in [0.29, 0.717) is 5.92 Å². The fraction of sp³-hybridized carbons (Fsp3) is 0.632. The van der Waals surface area contributed by atoms with E-state index >= 15 is 0 Å². The zero-order valence-electron chi connectivity index (χ0n) is 16.0. The highest BCUT2D eigenvalue weighted by atomic mass is 127. The number of ether oxygens (including phenoxy) is 1. The Labute approximate surface area is 169 Å². The second-order valence-electron chi connectivity index (χ2n) is 6.71. The molecule has 2 rings (SSSR count). The molecule has 0 aromatic heterocycles. The molecule has 1 aromatic rings. The Hall–Kier alpha value is -1.02. The van der Waals surface area contributed by atoms with Crippen LogP contribution in [0.2, 0.25) is 0 Å². The lowest BCUT2D eigenvalue weighted by Gasteiger charge is -2.26. The minimum atomic E-state index is 0. The zero-order chi connectivity index (χ0) is 17.4. The number of halogens is 1. The molecule has 142 valence electrons. The van der Waals surface area contributed by atoms with Gasteiger partial charge in [-0.2, -0.15) is 0 Å². The highest BCUT2D eigenvalue weighted by Gasteiger charge is 2.16. The molecule has 1 heterocycles. The molecule has 5 nitrogen and oxygen atoms in total. The van der Waals surface area contributed by atoms with Crippen molar-refractivity contribution in [1.29, 1.82) is 0 Å². The highest BCUT2D eigenvalue weighted by molar-refractivity contribution is 14.0. The third kappa shape index (κ3) is 7.01. The van der Waals surface area contributed by atoms with Crippen LogP contribution >= 0.6 is 24.0 Å². The SMILES string of the molecule is CN=C(NCC(C)CN1CCCC1)N(C)Cc1ccccc1OC.I. The second-order valence-corrected chi connectivity index (χ2v) is 6.71. The van der Waals surface area contributed by atoms with Gasteiger partial charge >= 0.3 is 0 Å². The van der Waals surface area contributed by atoms with Crippen LogP contribution in [0, 0.1) is 5.92 Å². The van der Waals surface area contributed by atoms with Crippen molar-refractivity contribution >= 4 is 29.9 Å². The summed E-state index contributed by atoms with van der Waals surface area (Å²) in [7, 11) is 5.62. The van der Waals surface area contributed by atoms with E-state index in [0.717, 1.165) is 30.4 Å². The monoisotopic (exact) mass is 460 g/mol. The number of likely N-dealkylation sites (tertiary alicyclic amines) is 1. The van der Waals surface area contributed by atoms with Gasteiger partial charge in [0.25, 0.3) is 0 Å². The molecule has 1 atom stereocenters. The van der Waals surface area contributed by atoms with E-state index in [1.807, 2.05) is 25.2 Å². The molecular weight excluding hydrogens is 427 g/mol. The van der Waals surface area contributed by atoms with E-state index in [4.69, 9.17) is 4.74 Å². The summed E-state index contributed by atoms with van der Waals surface area (Å²) in [6.45, 7) is 7.70. The van der Waals surface area contributed by atoms with Crippen molar-refractivity contribution in [3.05, 3.63) is 29.8 Å². The summed E-state index contributed by atoms with van der Waals surface area (Å²) < 4.78 is 5.44. The Balaban J connectivity index is 0.00000312. The second kappa shape index (κ2) is 11.6. The molecule has 0 aliphatic carbocycles. The van der Waals surface area contributed by atoms with Crippen LogP contribution in [0.4, 0.5) is 0 Å². The largest absolute Gasteiger partial charge is 0.496 e. The molecule has 1 fully saturated rings. The highest BCUT2D eigenvalue weighted by Crippen LogP contribution is 2.18. The number of aliphatic imine (C=N–C) groups is 1. The molecule has 1 aliphatic rings. The Morgan fingerprint density at radius 1 is 1.32 bits per heavy atom. The van der Waals surface area contributed by atoms with E-state index in [2.05, 4.69) is 40.1 Å². The van der Waals surface area contributed by atoms with Crippen LogP contribution in [0.25, 0.3) is 0 Å². The van der Waals surface area contributed by atoms with Crippen LogP contribution in [-0.2, 0) is 6.54 Å². The quantitative estimate of drug-likeness (QED) is 0.386. The van der Waals surface area contributed by atoms with Gasteiger partial charge in [-0.1, -0.05) is 25.1 Å². The number of nitrogens with zero attached hydrogens (tertiary/aromatic N) is 3. The van der Waals surface area contributed by atoms with Crippen LogP contribution in [0.3, 0.4) is 0 Å². The molecule has 1 aliphatic heterocycles. The van der Waals surface area contributed by atoms with E-state index in [1.165, 1.54) is 32.5 Å². The van der Waals surface area contributed by atoms with Crippen molar-refractivity contribution in [3.63, 3.8) is 0 Å². The van der Waals surface area contributed by atoms with Gasteiger partial charge in [-0.3, -0.25) is 4.99 Å². The fourth-order valence-corrected chi connectivity index (χ4v) is 3.28. The topological polar surface area (TPSA) is 40.1 Å². The molecule has 25 heavy (non-hydrogen) atoms. The van der Waals surface area contributed by atoms with E-state index in [1.54, 1.807) is 7.11 Å². The third-order valence-corrected chi connectivity index (χ3v) is 4.55. The van der Waals surface area contributed by atoms with Gasteiger partial charge in [0.2, 0.25) is 0 Å². The molecule has 1 saturated heterocycles. The van der Waals surface area contributed by atoms with E-state index < -0.39 is 0 Å². The van der Waals surface area contributed by atoms with Gasteiger partial charge in [-0.25, -0.2) is 0 Å². The van der Waals surface area contributed by atoms with Crippen molar-refractivity contribution in [1.82, 2.24) is 15.1 Å². The Kier molecular flexibility index (Phi) is 10.2. The lowest BCUT2D eigenvalue weighted by Crippen LogP contribution is -2.42. The Morgan fingerprint density at radius 3 is 2.64 bits per heavy atom. The number of para-hydroxylation sites is 1. The first-order chi connectivity index (χ1) is 11.6. The Morgan fingerprint density at radius 2 is 2.00 bits per heavy atom. The van der Waals surface area contributed by atoms with Gasteiger partial charge in [-0.05, 0) is 37.9 Å². The normalized spacial score (nSPS) is 16.2. The number of guanidine groups is 1. The number of rotatable bonds is 7. The number of benzene rings is 1. The summed E-state index contributed by atoms with van der Waals surface area (Å²) in [4.78, 5) is 9.12. The average Bonchev–Trinajstić information content (AvgIpc) is 3.08. The molecule has 1 N–H and O–H groups in total. The van der Waals surface area contributed by atoms with Crippen LogP contribution < -0.4 is 10.1 Å². The first-order valence-corrected chi connectivity index (χ1v) is 8.90. The van der Waals surface area contributed by atoms with Gasteiger partial charge < -0.3 is 19.9 Å². The predicted molar refractivity (Wildman–Crippen MR) is 116 cm³/mol. The summed E-state index contributed by atoms with van der Waals surface area (Å²) in [6.07, 6.45) is 2.70. The first kappa shape index (κ1) is 22.0. The third-order valence-electron chi connectivity index (χ3n) is 4.55. The summed E-state index contributed by atoms with van der Waals surface area (Å²) in [5, 5.41) is 3.51. The van der Waals surface area contributed by atoms with Gasteiger partial charge in [0.05, 0.1) is 7.11 Å². The van der Waals surface area contributed by atoms with Crippen LogP contribution in [0.1, 0.15) is 25.3 Å². The zero-order valence-corrected chi connectivity index (χ0v) is 18.3. The lowest BCUT2D eigenvalue weighted by molar-refractivity contribution is 0.286. The molecular formula is C19H33IN4O. The van der Waals surface area contributed by atoms with Crippen LogP contribution in [0.15, 0.2) is 29.3 Å². The van der Waals surface area contributed by atoms with Crippen LogP contribution in [-0.4, -0.2) is 63.1 Å². The summed E-state index contributed by atoms with van der Waals surface area (Å²) >= 11 is 0. The minimum Gasteiger partial charge on any atom is -0.496 e. The Bertz CT molecular complexity index is 532. The predicted octanol–water partition coefficient (Wildman–Crippen LogP) is 3.05. The van der Waals surface area contributed by atoms with Crippen LogP contribution in [0.5, 0.6) is 5.75 Å². The van der Waals surface area contributed by atoms with Crippen molar-refractivity contribution < 1.29 is 4.74 Å². The first-order valence-electron chi connectivity index (χ1n) is 8.90. The molecule has 0 bridgehead atoms. The van der Waals surface area contributed by atoms with Crippen molar-refractivity contribution in [2.75, 3.05) is 47.4 Å². The van der Waals surface area contributed by atoms with Crippen molar-refractivity contribution in [3.8, 4) is 5.75 Å². The molecule has 0 saturated carbocycles. The molecule has 0 spiro atoms. The molecule has 0 amide bonds. The summed E-state index contributed by atoms with van der Waals surface area (Å²) in [6, 6.07) is 8.13. The molecule has 6 heteroatoms. The van der Waals surface area contributed by atoms with Gasteiger partial charge in [0, 0.05) is 39.3 Å². The number of hydrogen-bond donors (Lipinski definition) is 1. The van der Waals surface area contributed by atoms with Gasteiger partial charge in [0.1, 0.15) is 5.75 Å². The van der Waals surface area contributed by atoms with Crippen molar-refractivity contribution in [2.24, 2.45) is 10.9 Å². The summed E-state index contributed by atoms with van der Waals surface area (Å²) in [5.74, 6) is 2.45. The lowest BCUT2D eigenvalue weighted by atomic mass is 10.1. The number of nitrogens with one attached hydrogen (secondary N) is 1. The van der Waals surface area contributed by atoms with E-state index in [9.17, 15) is 0 Å². The molecule has 0 radical (unpaired) electrons. The minimum absolute atomic E-state index is 0. The number of hydrogen-bond acceptors (Lipinski definition) is 3. The molecule has 1 aromatic carbocycles. The number of methoxy groups -OCH3 is 1. The van der Waals surface area contributed by atoms with Gasteiger partial charge in [0.15, 0.2) is 5.96 Å². The van der Waals surface area contributed by atoms with E-state index in [-0.39, 0.29) is 24.0 Å². The fourth-order valence-electron chi connectivity index (χ4n) is 3.28. The standard InChI is InChI=1S/C19H32N4O.HI/c1-16(14-23-11-7-8-12-23)13-21-19(20-2)22(3)15-17-9-5-6-10-18(17)24-4;/h5-6,9-10,16H,7-8,11-15H2,1-4H3,(H,20,21);1H. The van der Waals surface area contributed by atoms with Gasteiger partial charge in [-0.15, -0.1) is 24.0 Å². The maximum atomic E-state index is 5.44. The maximum absolute atomic E-state index is 5.44. The smallest absolute Gasteiger partial charge is 0.193 e. The maximum Gasteiger partial charge on any atom is 0.193 e. The summed E-state index contributed by atoms with van der Waals surface area (Å²) in [5.41, 5.74) is 1.16.